The summed E-state index contributed by atoms with van der Waals surface area (Å²) in [5.74, 6) is -0.240. The van der Waals surface area contributed by atoms with Crippen LogP contribution in [0, 0.1) is 0 Å². The highest BCUT2D eigenvalue weighted by Crippen LogP contribution is 2.42. The molecule has 3 aliphatic rings. The number of carbonyl (C=O) groups excluding carboxylic acids is 1. The third-order valence-corrected chi connectivity index (χ3v) is 6.85. The average Bonchev–Trinajstić information content (AvgIpc) is 3.23. The number of hydrogen-bond donors (Lipinski definition) is 3. The van der Waals surface area contributed by atoms with Gasteiger partial charge in [-0.15, -0.1) is 0 Å². The number of aryl methyl sites for hydroxylation is 1. The monoisotopic (exact) mass is 476 g/mol. The first-order chi connectivity index (χ1) is 16.9. The molecule has 1 aromatic heterocycles. The first-order valence-electron chi connectivity index (χ1n) is 11.8. The van der Waals surface area contributed by atoms with Crippen LogP contribution in [0.3, 0.4) is 0 Å². The van der Waals surface area contributed by atoms with E-state index in [0.29, 0.717) is 24.0 Å². The number of allylic oxidation sites excluding steroid dienone is 4. The highest BCUT2D eigenvalue weighted by molar-refractivity contribution is 6.24. The number of aliphatic hydroxyl groups is 1. The topological polar surface area (TPSA) is 117 Å². The lowest BCUT2D eigenvalue weighted by atomic mass is 9.87. The van der Waals surface area contributed by atoms with E-state index in [9.17, 15) is 19.5 Å². The van der Waals surface area contributed by atoms with Gasteiger partial charge in [0, 0.05) is 48.7 Å². The third kappa shape index (κ3) is 4.06. The minimum absolute atomic E-state index is 0.0823. The molecule has 5 rings (SSSR count). The van der Waals surface area contributed by atoms with Crippen molar-refractivity contribution >= 4 is 17.2 Å². The first kappa shape index (κ1) is 23.1. The maximum atomic E-state index is 13.4. The summed E-state index contributed by atoms with van der Waals surface area (Å²) in [6.07, 6.45) is 6.48. The molecular formula is C26H28N4O5. The van der Waals surface area contributed by atoms with Crippen molar-refractivity contribution in [2.24, 2.45) is 0 Å². The molecule has 1 fully saturated rings. The zero-order valence-corrected chi connectivity index (χ0v) is 19.7. The van der Waals surface area contributed by atoms with E-state index in [1.165, 1.54) is 10.8 Å². The largest absolute Gasteiger partial charge is 0.390 e. The standard InChI is InChI=1S/C26H28N4O5/c1-3-15-14-30(26(34)28-24(15)32)22-12-20(31)21(35-22)13-27-25(33)23-16-8-4-6-10-18(16)29(2)19-11-7-5-9-17(19)23/h4-8,10-11,14,20-22,31H,3,9,12-13H2,1-2H3,(H,27,33)(H,28,32,34)/t20-,21+,22+/m0/s1. The van der Waals surface area contributed by atoms with Gasteiger partial charge < -0.3 is 20.1 Å². The number of likely N-dealkylation sites (N-methyl/N-ethyl adjacent to an activating group) is 1. The quantitative estimate of drug-likeness (QED) is 0.604. The molecule has 1 saturated heterocycles. The SMILES string of the molecule is CCc1cn([C@H]2C[C@H](O)[C@@H](CNC(=O)C3=C4CC=CC=C4N(C)c4ccccc43)O2)c(=O)[nH]c1=O. The Balaban J connectivity index is 1.35. The molecule has 1 aliphatic carbocycles. The summed E-state index contributed by atoms with van der Waals surface area (Å²) in [5, 5.41) is 13.5. The molecule has 3 N–H and O–H groups in total. The lowest BCUT2D eigenvalue weighted by molar-refractivity contribution is -0.116. The molecule has 0 unspecified atom stereocenters. The van der Waals surface area contributed by atoms with Gasteiger partial charge in [-0.25, -0.2) is 4.79 Å². The van der Waals surface area contributed by atoms with E-state index in [1.54, 1.807) is 0 Å². The molecule has 0 radical (unpaired) electrons. The molecule has 0 spiro atoms. The van der Waals surface area contributed by atoms with E-state index in [1.807, 2.05) is 56.5 Å². The zero-order valence-electron chi connectivity index (χ0n) is 19.7. The smallest absolute Gasteiger partial charge is 0.330 e. The maximum absolute atomic E-state index is 13.4. The Morgan fingerprint density at radius 2 is 2.09 bits per heavy atom. The van der Waals surface area contributed by atoms with Crippen molar-refractivity contribution in [2.75, 3.05) is 18.5 Å². The van der Waals surface area contributed by atoms with Crippen molar-refractivity contribution in [1.29, 1.82) is 0 Å². The Hall–Kier alpha value is -3.69. The summed E-state index contributed by atoms with van der Waals surface area (Å²) < 4.78 is 7.24. The van der Waals surface area contributed by atoms with Gasteiger partial charge in [0.15, 0.2) is 0 Å². The van der Waals surface area contributed by atoms with E-state index >= 15 is 0 Å². The van der Waals surface area contributed by atoms with Crippen molar-refractivity contribution in [3.05, 3.63) is 91.9 Å². The lowest BCUT2D eigenvalue weighted by Gasteiger charge is -2.34. The number of ether oxygens (including phenoxy) is 1. The number of benzene rings is 1. The first-order valence-corrected chi connectivity index (χ1v) is 11.8. The number of nitrogens with zero attached hydrogens (tertiary/aromatic N) is 2. The van der Waals surface area contributed by atoms with Crippen molar-refractivity contribution in [2.45, 2.75) is 44.6 Å². The summed E-state index contributed by atoms with van der Waals surface area (Å²) in [6, 6.07) is 7.78. The number of hydrogen-bond acceptors (Lipinski definition) is 6. The number of nitrogens with one attached hydrogen (secondary N) is 2. The number of anilines is 1. The van der Waals surface area contributed by atoms with Crippen LogP contribution in [-0.2, 0) is 16.0 Å². The van der Waals surface area contributed by atoms with E-state index in [2.05, 4.69) is 15.2 Å². The number of para-hydroxylation sites is 1. The van der Waals surface area contributed by atoms with Crippen LogP contribution in [0.2, 0.25) is 0 Å². The Bertz CT molecular complexity index is 1380. The number of H-pyrrole nitrogens is 1. The van der Waals surface area contributed by atoms with Gasteiger partial charge in [0.25, 0.3) is 11.5 Å². The second-order valence-electron chi connectivity index (χ2n) is 8.93. The third-order valence-electron chi connectivity index (χ3n) is 6.85. The normalized spacial score (nSPS) is 23.1. The Morgan fingerprint density at radius 1 is 1.29 bits per heavy atom. The highest BCUT2D eigenvalue weighted by atomic mass is 16.5. The Labute approximate surface area is 202 Å². The fourth-order valence-corrected chi connectivity index (χ4v) is 4.97. The van der Waals surface area contributed by atoms with Gasteiger partial charge in [0.2, 0.25) is 0 Å². The molecule has 9 heteroatoms. The number of amides is 1. The Kier molecular flexibility index (Phi) is 6.04. The van der Waals surface area contributed by atoms with Crippen LogP contribution in [0.1, 0.15) is 37.1 Å². The number of carbonyl (C=O) groups is 1. The van der Waals surface area contributed by atoms with Crippen molar-refractivity contribution < 1.29 is 14.6 Å². The number of rotatable bonds is 5. The van der Waals surface area contributed by atoms with Gasteiger partial charge in [-0.1, -0.05) is 37.3 Å². The summed E-state index contributed by atoms with van der Waals surface area (Å²) in [4.78, 5) is 42.0. The molecule has 2 aromatic rings. The van der Waals surface area contributed by atoms with Crippen LogP contribution < -0.4 is 21.5 Å². The molecule has 0 saturated carbocycles. The van der Waals surface area contributed by atoms with Crippen LogP contribution in [0.4, 0.5) is 5.69 Å². The second-order valence-corrected chi connectivity index (χ2v) is 8.93. The van der Waals surface area contributed by atoms with Gasteiger partial charge in [-0.2, -0.15) is 0 Å². The number of aliphatic hydroxyl groups excluding tert-OH is 1. The van der Waals surface area contributed by atoms with E-state index in [0.717, 1.165) is 22.5 Å². The average molecular weight is 477 g/mol. The van der Waals surface area contributed by atoms with Crippen LogP contribution in [0.15, 0.2) is 69.5 Å². The molecule has 1 aromatic carbocycles. The molecule has 2 aliphatic heterocycles. The lowest BCUT2D eigenvalue weighted by Crippen LogP contribution is -2.39. The van der Waals surface area contributed by atoms with Gasteiger partial charge in [-0.05, 0) is 30.6 Å². The fraction of sp³-hybridized carbons (Fsp3) is 0.346. The molecule has 0 bridgehead atoms. The summed E-state index contributed by atoms with van der Waals surface area (Å²) in [6.45, 7) is 1.90. The van der Waals surface area contributed by atoms with Crippen LogP contribution >= 0.6 is 0 Å². The summed E-state index contributed by atoms with van der Waals surface area (Å²) in [5.41, 5.74) is 3.80. The molecule has 35 heavy (non-hydrogen) atoms. The minimum Gasteiger partial charge on any atom is -0.390 e. The molecular weight excluding hydrogens is 448 g/mol. The van der Waals surface area contributed by atoms with Crippen molar-refractivity contribution in [1.82, 2.24) is 14.9 Å². The predicted octanol–water partition coefficient (Wildman–Crippen LogP) is 1.61. The summed E-state index contributed by atoms with van der Waals surface area (Å²) >= 11 is 0. The van der Waals surface area contributed by atoms with E-state index < -0.39 is 29.7 Å². The maximum Gasteiger partial charge on any atom is 0.330 e. The van der Waals surface area contributed by atoms with Gasteiger partial charge in [-0.3, -0.25) is 19.1 Å². The highest BCUT2D eigenvalue weighted by Gasteiger charge is 2.37. The predicted molar refractivity (Wildman–Crippen MR) is 132 cm³/mol. The Morgan fingerprint density at radius 3 is 2.89 bits per heavy atom. The number of aromatic nitrogens is 2. The van der Waals surface area contributed by atoms with Crippen LogP contribution in [0.25, 0.3) is 5.57 Å². The van der Waals surface area contributed by atoms with Gasteiger partial charge in [0.1, 0.15) is 12.3 Å². The molecule has 182 valence electrons. The van der Waals surface area contributed by atoms with Crippen LogP contribution in [0.5, 0.6) is 0 Å². The molecule has 3 heterocycles. The van der Waals surface area contributed by atoms with E-state index in [4.69, 9.17) is 4.74 Å². The zero-order chi connectivity index (χ0) is 24.7. The second kappa shape index (κ2) is 9.16. The fourth-order valence-electron chi connectivity index (χ4n) is 4.97. The molecule has 1 amide bonds. The molecule has 9 nitrogen and oxygen atoms in total. The number of fused-ring (bicyclic) bond motifs is 2. The number of aromatic amines is 1. The minimum atomic E-state index is -0.875. The van der Waals surface area contributed by atoms with Crippen molar-refractivity contribution in [3.63, 3.8) is 0 Å². The summed E-state index contributed by atoms with van der Waals surface area (Å²) in [7, 11) is 1.99. The van der Waals surface area contributed by atoms with Gasteiger partial charge >= 0.3 is 5.69 Å². The van der Waals surface area contributed by atoms with Gasteiger partial charge in [0.05, 0.1) is 11.7 Å². The van der Waals surface area contributed by atoms with E-state index in [-0.39, 0.29) is 18.9 Å². The molecule has 3 atom stereocenters. The van der Waals surface area contributed by atoms with Crippen LogP contribution in [-0.4, -0.2) is 46.4 Å². The van der Waals surface area contributed by atoms with Crippen molar-refractivity contribution in [3.8, 4) is 0 Å².